The zero-order valence-corrected chi connectivity index (χ0v) is 18.1. The molecule has 3 rings (SSSR count). The molecule has 158 valence electrons. The number of rotatable bonds is 7. The van der Waals surface area contributed by atoms with Gasteiger partial charge in [0.1, 0.15) is 5.82 Å². The van der Waals surface area contributed by atoms with Gasteiger partial charge < -0.3 is 15.2 Å². The predicted octanol–water partition coefficient (Wildman–Crippen LogP) is 1.90. The summed E-state index contributed by atoms with van der Waals surface area (Å²) in [7, 11) is -1.24. The summed E-state index contributed by atoms with van der Waals surface area (Å²) in [5, 5.41) is 3.28. The molecular weight excluding hydrogens is 388 g/mol. The van der Waals surface area contributed by atoms with Crippen LogP contribution in [-0.2, 0) is 16.6 Å². The van der Waals surface area contributed by atoms with Crippen molar-refractivity contribution in [3.05, 3.63) is 42.4 Å². The molecule has 1 aromatic heterocycles. The minimum atomic E-state index is -3.19. The van der Waals surface area contributed by atoms with Crippen LogP contribution in [0, 0.1) is 0 Å². The molecule has 1 fully saturated rings. The van der Waals surface area contributed by atoms with Crippen molar-refractivity contribution in [2.24, 2.45) is 4.99 Å². The molecule has 2 heterocycles. The summed E-state index contributed by atoms with van der Waals surface area (Å²) >= 11 is 0. The maximum Gasteiger partial charge on any atom is 0.211 e. The zero-order chi connectivity index (χ0) is 20.9. The first-order valence-electron chi connectivity index (χ1n) is 9.94. The molecule has 0 saturated carbocycles. The number of hydrogen-bond acceptors (Lipinski definition) is 4. The number of guanidine groups is 1. The molecule has 8 nitrogen and oxygen atoms in total. The topological polar surface area (TPSA) is 93.7 Å². The maximum absolute atomic E-state index is 11.9. The van der Waals surface area contributed by atoms with Gasteiger partial charge in [0.2, 0.25) is 10.0 Å². The highest BCUT2D eigenvalue weighted by molar-refractivity contribution is 7.88. The van der Waals surface area contributed by atoms with E-state index in [1.807, 2.05) is 55.4 Å². The Kier molecular flexibility index (Phi) is 6.92. The number of nitrogens with one attached hydrogen (secondary N) is 2. The van der Waals surface area contributed by atoms with Crippen LogP contribution in [0.15, 0.2) is 41.5 Å². The summed E-state index contributed by atoms with van der Waals surface area (Å²) in [6, 6.07) is 10.0. The summed E-state index contributed by atoms with van der Waals surface area (Å²) in [5.74, 6) is 1.58. The molecule has 0 unspecified atom stereocenters. The number of aromatic nitrogens is 2. The van der Waals surface area contributed by atoms with E-state index in [9.17, 15) is 8.42 Å². The molecule has 0 spiro atoms. The molecular formula is C20H30N6O2S. The molecule has 2 N–H and O–H groups in total. The molecule has 1 atom stereocenters. The van der Waals surface area contributed by atoms with Gasteiger partial charge in [-0.15, -0.1) is 0 Å². The number of benzene rings is 1. The zero-order valence-electron chi connectivity index (χ0n) is 17.3. The first kappa shape index (κ1) is 21.3. The lowest BCUT2D eigenvalue weighted by molar-refractivity contribution is 0.393. The van der Waals surface area contributed by atoms with E-state index in [1.54, 1.807) is 4.31 Å². The lowest BCUT2D eigenvalue weighted by Gasteiger charge is -2.24. The highest BCUT2D eigenvalue weighted by Crippen LogP contribution is 2.20. The van der Waals surface area contributed by atoms with E-state index in [4.69, 9.17) is 4.99 Å². The summed E-state index contributed by atoms with van der Waals surface area (Å²) in [6.07, 6.45) is 4.84. The van der Waals surface area contributed by atoms with Gasteiger partial charge in [-0.2, -0.15) is 4.31 Å². The third-order valence-corrected chi connectivity index (χ3v) is 6.33. The van der Waals surface area contributed by atoms with Gasteiger partial charge in [0.15, 0.2) is 5.96 Å². The maximum atomic E-state index is 11.9. The lowest BCUT2D eigenvalue weighted by Crippen LogP contribution is -2.41. The minimum absolute atomic E-state index is 0.0691. The standard InChI is InChI=1S/C20H30N6O2S/c1-4-21-20(23-13-17-11-8-12-26(17)29(3,27)28)25(2)15-19-22-14-18(24-19)16-9-6-5-7-10-16/h5-7,9-10,14,17H,4,8,11-13,15H2,1-3H3,(H,21,23)(H,22,24)/t17-/m1/s1. The van der Waals surface area contributed by atoms with Crippen LogP contribution < -0.4 is 5.32 Å². The smallest absolute Gasteiger partial charge is 0.211 e. The fourth-order valence-corrected chi connectivity index (χ4v) is 4.77. The van der Waals surface area contributed by atoms with Crippen LogP contribution in [0.1, 0.15) is 25.6 Å². The number of imidazole rings is 1. The van der Waals surface area contributed by atoms with Gasteiger partial charge in [0.25, 0.3) is 0 Å². The average molecular weight is 419 g/mol. The second-order valence-electron chi connectivity index (χ2n) is 7.33. The molecule has 1 aliphatic rings. The van der Waals surface area contributed by atoms with Crippen molar-refractivity contribution in [2.75, 3.05) is 32.9 Å². The average Bonchev–Trinajstić information content (AvgIpc) is 3.35. The van der Waals surface area contributed by atoms with Crippen LogP contribution >= 0.6 is 0 Å². The van der Waals surface area contributed by atoms with Gasteiger partial charge in [-0.3, -0.25) is 4.99 Å². The molecule has 1 aromatic carbocycles. The first-order chi connectivity index (χ1) is 13.9. The van der Waals surface area contributed by atoms with Crippen molar-refractivity contribution in [3.8, 4) is 11.3 Å². The number of sulfonamides is 1. The van der Waals surface area contributed by atoms with E-state index in [1.165, 1.54) is 6.26 Å². The van der Waals surface area contributed by atoms with Crippen LogP contribution in [0.25, 0.3) is 11.3 Å². The summed E-state index contributed by atoms with van der Waals surface area (Å²) < 4.78 is 25.5. The van der Waals surface area contributed by atoms with Crippen molar-refractivity contribution >= 4 is 16.0 Å². The van der Waals surface area contributed by atoms with Crippen molar-refractivity contribution in [3.63, 3.8) is 0 Å². The molecule has 0 radical (unpaired) electrons. The van der Waals surface area contributed by atoms with Crippen molar-refractivity contribution in [1.29, 1.82) is 0 Å². The van der Waals surface area contributed by atoms with E-state index in [2.05, 4.69) is 15.3 Å². The van der Waals surface area contributed by atoms with Gasteiger partial charge in [-0.1, -0.05) is 30.3 Å². The van der Waals surface area contributed by atoms with Crippen molar-refractivity contribution in [2.45, 2.75) is 32.4 Å². The Hall–Kier alpha value is -2.39. The number of H-pyrrole nitrogens is 1. The van der Waals surface area contributed by atoms with Gasteiger partial charge in [-0.25, -0.2) is 13.4 Å². The van der Waals surface area contributed by atoms with Crippen LogP contribution in [0.5, 0.6) is 0 Å². The summed E-state index contributed by atoms with van der Waals surface area (Å²) in [5.41, 5.74) is 2.07. The third kappa shape index (κ3) is 5.57. The van der Waals surface area contributed by atoms with Crippen LogP contribution in [0.3, 0.4) is 0 Å². The summed E-state index contributed by atoms with van der Waals surface area (Å²) in [6.45, 7) is 4.35. The minimum Gasteiger partial charge on any atom is -0.357 e. The molecule has 1 aliphatic heterocycles. The van der Waals surface area contributed by atoms with E-state index >= 15 is 0 Å². The third-order valence-electron chi connectivity index (χ3n) is 5.00. The lowest BCUT2D eigenvalue weighted by atomic mass is 10.2. The van der Waals surface area contributed by atoms with Gasteiger partial charge >= 0.3 is 0 Å². The Morgan fingerprint density at radius 2 is 2.14 bits per heavy atom. The second-order valence-corrected chi connectivity index (χ2v) is 9.27. The largest absolute Gasteiger partial charge is 0.357 e. The first-order valence-corrected chi connectivity index (χ1v) is 11.8. The normalized spacial score (nSPS) is 18.2. The van der Waals surface area contributed by atoms with Crippen LogP contribution in [-0.4, -0.2) is 72.5 Å². The Bertz CT molecular complexity index is 925. The second kappa shape index (κ2) is 9.41. The van der Waals surface area contributed by atoms with E-state index < -0.39 is 10.0 Å². The van der Waals surface area contributed by atoms with Crippen LogP contribution in [0.2, 0.25) is 0 Å². The molecule has 0 bridgehead atoms. The molecule has 2 aromatic rings. The molecule has 9 heteroatoms. The van der Waals surface area contributed by atoms with Gasteiger partial charge in [-0.05, 0) is 25.3 Å². The molecule has 0 aliphatic carbocycles. The fourth-order valence-electron chi connectivity index (χ4n) is 3.60. The number of nitrogens with zero attached hydrogens (tertiary/aromatic N) is 4. The quantitative estimate of drug-likeness (QED) is 0.529. The molecule has 29 heavy (non-hydrogen) atoms. The Balaban J connectivity index is 1.67. The summed E-state index contributed by atoms with van der Waals surface area (Å²) in [4.78, 5) is 14.5. The molecule has 1 saturated heterocycles. The number of aromatic amines is 1. The predicted molar refractivity (Wildman–Crippen MR) is 116 cm³/mol. The Morgan fingerprint density at radius 1 is 1.38 bits per heavy atom. The van der Waals surface area contributed by atoms with E-state index in [-0.39, 0.29) is 6.04 Å². The monoisotopic (exact) mass is 418 g/mol. The van der Waals surface area contributed by atoms with Crippen molar-refractivity contribution in [1.82, 2.24) is 24.5 Å². The van der Waals surface area contributed by atoms with E-state index in [0.717, 1.165) is 42.4 Å². The van der Waals surface area contributed by atoms with Gasteiger partial charge in [0, 0.05) is 26.2 Å². The Labute approximate surface area is 173 Å². The van der Waals surface area contributed by atoms with Crippen LogP contribution in [0.4, 0.5) is 0 Å². The van der Waals surface area contributed by atoms with Gasteiger partial charge in [0.05, 0.1) is 31.2 Å². The van der Waals surface area contributed by atoms with Crippen molar-refractivity contribution < 1.29 is 8.42 Å². The highest BCUT2D eigenvalue weighted by Gasteiger charge is 2.31. The fraction of sp³-hybridized carbons (Fsp3) is 0.500. The Morgan fingerprint density at radius 3 is 2.83 bits per heavy atom. The number of hydrogen-bond donors (Lipinski definition) is 2. The highest BCUT2D eigenvalue weighted by atomic mass is 32.2. The molecule has 0 amide bonds. The number of aliphatic imine (C=N–C) groups is 1. The van der Waals surface area contributed by atoms with E-state index in [0.29, 0.717) is 19.6 Å². The SMILES string of the molecule is CCNC(=NC[C@H]1CCCN1S(C)(=O)=O)N(C)Cc1ncc(-c2ccccc2)[nH]1.